The van der Waals surface area contributed by atoms with Crippen LogP contribution in [0.2, 0.25) is 0 Å². The second kappa shape index (κ2) is 10.3. The summed E-state index contributed by atoms with van der Waals surface area (Å²) in [5.41, 5.74) is 1.17. The molecule has 0 saturated heterocycles. The number of carbonyl (C=O) groups is 2. The molecule has 2 rings (SSSR count). The molecule has 0 spiro atoms. The molecule has 144 valence electrons. The number of hydrogen-bond acceptors (Lipinski definition) is 4. The summed E-state index contributed by atoms with van der Waals surface area (Å²) in [5, 5.41) is 16.9. The molecule has 0 radical (unpaired) electrons. The maximum Gasteiger partial charge on any atom is 0.323 e. The van der Waals surface area contributed by atoms with Crippen molar-refractivity contribution in [1.29, 1.82) is 0 Å². The first kappa shape index (κ1) is 21.2. The number of aliphatic hydroxyl groups excluding tert-OH is 1. The Balaban J connectivity index is 2.17. The number of amides is 3. The van der Waals surface area contributed by atoms with Gasteiger partial charge < -0.3 is 25.8 Å². The van der Waals surface area contributed by atoms with Crippen molar-refractivity contribution in [1.82, 2.24) is 5.32 Å². The van der Waals surface area contributed by atoms with Crippen LogP contribution in [-0.2, 0) is 0 Å². The maximum atomic E-state index is 12.4. The third-order valence-electron chi connectivity index (χ3n) is 3.46. The van der Waals surface area contributed by atoms with Crippen LogP contribution in [0.4, 0.5) is 16.2 Å². The molecule has 4 N–H and O–H groups in total. The number of aliphatic hydroxyl groups is 1. The van der Waals surface area contributed by atoms with Crippen molar-refractivity contribution in [2.75, 3.05) is 30.9 Å². The van der Waals surface area contributed by atoms with E-state index in [0.717, 1.165) is 8.95 Å². The van der Waals surface area contributed by atoms with Crippen molar-refractivity contribution >= 4 is 55.2 Å². The molecular formula is C18H19Br2N3O4. The average Bonchev–Trinajstić information content (AvgIpc) is 2.60. The fourth-order valence-electron chi connectivity index (χ4n) is 2.24. The van der Waals surface area contributed by atoms with Crippen LogP contribution in [0, 0.1) is 0 Å². The van der Waals surface area contributed by atoms with E-state index in [2.05, 4.69) is 47.8 Å². The van der Waals surface area contributed by atoms with Gasteiger partial charge in [0.05, 0.1) is 18.4 Å². The van der Waals surface area contributed by atoms with Gasteiger partial charge in [0.2, 0.25) is 0 Å². The lowest BCUT2D eigenvalue weighted by Gasteiger charge is -2.14. The molecule has 0 aliphatic heterocycles. The standard InChI is InChI=1S/C18H19Br2N3O4/c1-27-14-3-4-15(17(25)21-5-2-6-24)16(10-14)23-18(26)22-13-8-11(19)7-12(20)9-13/h3-4,7-10,24H,2,5-6H2,1H3,(H,21,25)(H2,22,23,26). The van der Waals surface area contributed by atoms with Crippen molar-refractivity contribution in [2.24, 2.45) is 0 Å². The van der Waals surface area contributed by atoms with E-state index in [9.17, 15) is 9.59 Å². The summed E-state index contributed by atoms with van der Waals surface area (Å²) in [6.07, 6.45) is 0.447. The number of nitrogens with one attached hydrogen (secondary N) is 3. The zero-order valence-corrected chi connectivity index (χ0v) is 17.7. The molecule has 2 aromatic carbocycles. The van der Waals surface area contributed by atoms with E-state index in [4.69, 9.17) is 9.84 Å². The summed E-state index contributed by atoms with van der Waals surface area (Å²) in [6.45, 7) is 0.317. The van der Waals surface area contributed by atoms with Crippen LogP contribution in [0.15, 0.2) is 45.3 Å². The van der Waals surface area contributed by atoms with E-state index in [-0.39, 0.29) is 12.5 Å². The predicted molar refractivity (Wildman–Crippen MR) is 112 cm³/mol. The molecule has 0 aliphatic rings. The Kier molecular flexibility index (Phi) is 8.08. The Labute approximate surface area is 173 Å². The third kappa shape index (κ3) is 6.53. The number of ether oxygens (including phenoxy) is 1. The van der Waals surface area contributed by atoms with Crippen LogP contribution >= 0.6 is 31.9 Å². The van der Waals surface area contributed by atoms with Crippen molar-refractivity contribution < 1.29 is 19.4 Å². The number of rotatable bonds is 7. The second-order valence-corrected chi connectivity index (χ2v) is 7.31. The highest BCUT2D eigenvalue weighted by atomic mass is 79.9. The van der Waals surface area contributed by atoms with Gasteiger partial charge >= 0.3 is 6.03 Å². The number of anilines is 2. The summed E-state index contributed by atoms with van der Waals surface area (Å²) >= 11 is 6.72. The van der Waals surface area contributed by atoms with Crippen molar-refractivity contribution in [3.8, 4) is 5.75 Å². The van der Waals surface area contributed by atoms with E-state index in [1.807, 2.05) is 6.07 Å². The van der Waals surface area contributed by atoms with Gasteiger partial charge in [0, 0.05) is 33.9 Å². The van der Waals surface area contributed by atoms with E-state index in [0.29, 0.717) is 35.7 Å². The van der Waals surface area contributed by atoms with E-state index < -0.39 is 6.03 Å². The number of hydrogen-bond donors (Lipinski definition) is 4. The molecule has 0 unspecified atom stereocenters. The molecule has 0 aliphatic carbocycles. The largest absolute Gasteiger partial charge is 0.497 e. The van der Waals surface area contributed by atoms with Gasteiger partial charge in [-0.2, -0.15) is 0 Å². The first-order valence-electron chi connectivity index (χ1n) is 8.04. The molecule has 9 heteroatoms. The maximum absolute atomic E-state index is 12.4. The SMILES string of the molecule is COc1ccc(C(=O)NCCCO)c(NC(=O)Nc2cc(Br)cc(Br)c2)c1. The van der Waals surface area contributed by atoms with Crippen LogP contribution in [0.5, 0.6) is 5.75 Å². The molecular weight excluding hydrogens is 482 g/mol. The quantitative estimate of drug-likeness (QED) is 0.432. The average molecular weight is 501 g/mol. The highest BCUT2D eigenvalue weighted by Gasteiger charge is 2.15. The lowest BCUT2D eigenvalue weighted by molar-refractivity contribution is 0.0952. The van der Waals surface area contributed by atoms with Crippen LogP contribution in [-0.4, -0.2) is 37.3 Å². The lowest BCUT2D eigenvalue weighted by atomic mass is 10.1. The van der Waals surface area contributed by atoms with Gasteiger partial charge in [0.1, 0.15) is 5.75 Å². The zero-order chi connectivity index (χ0) is 19.8. The molecule has 3 amide bonds. The predicted octanol–water partition coefficient (Wildman–Crippen LogP) is 3.98. The van der Waals surface area contributed by atoms with Gasteiger partial charge in [-0.1, -0.05) is 31.9 Å². The van der Waals surface area contributed by atoms with Crippen LogP contribution in [0.25, 0.3) is 0 Å². The van der Waals surface area contributed by atoms with Crippen LogP contribution in [0.1, 0.15) is 16.8 Å². The highest BCUT2D eigenvalue weighted by Crippen LogP contribution is 2.25. The number of benzene rings is 2. The molecule has 0 bridgehead atoms. The first-order valence-corrected chi connectivity index (χ1v) is 9.62. The lowest BCUT2D eigenvalue weighted by Crippen LogP contribution is -2.27. The zero-order valence-electron chi connectivity index (χ0n) is 14.5. The number of methoxy groups -OCH3 is 1. The molecule has 2 aromatic rings. The Morgan fingerprint density at radius 3 is 2.41 bits per heavy atom. The Morgan fingerprint density at radius 1 is 1.07 bits per heavy atom. The van der Waals surface area contributed by atoms with Crippen molar-refractivity contribution in [3.63, 3.8) is 0 Å². The summed E-state index contributed by atoms with van der Waals surface area (Å²) in [4.78, 5) is 24.7. The fraction of sp³-hybridized carbons (Fsp3) is 0.222. The molecule has 27 heavy (non-hydrogen) atoms. The Bertz CT molecular complexity index is 810. The minimum absolute atomic E-state index is 0.0153. The molecule has 0 aromatic heterocycles. The van der Waals surface area contributed by atoms with Gasteiger partial charge in [0.15, 0.2) is 0 Å². The number of halogens is 2. The van der Waals surface area contributed by atoms with E-state index in [1.54, 1.807) is 30.3 Å². The number of carbonyl (C=O) groups excluding carboxylic acids is 2. The molecule has 0 heterocycles. The number of urea groups is 1. The minimum Gasteiger partial charge on any atom is -0.497 e. The van der Waals surface area contributed by atoms with E-state index >= 15 is 0 Å². The van der Waals surface area contributed by atoms with Crippen molar-refractivity contribution in [2.45, 2.75) is 6.42 Å². The topological polar surface area (TPSA) is 99.7 Å². The van der Waals surface area contributed by atoms with Crippen molar-refractivity contribution in [3.05, 3.63) is 50.9 Å². The second-order valence-electron chi connectivity index (χ2n) is 5.48. The summed E-state index contributed by atoms with van der Waals surface area (Å²) in [7, 11) is 1.50. The Morgan fingerprint density at radius 2 is 1.78 bits per heavy atom. The smallest absolute Gasteiger partial charge is 0.323 e. The molecule has 0 saturated carbocycles. The normalized spacial score (nSPS) is 10.2. The molecule has 0 atom stereocenters. The van der Waals surface area contributed by atoms with E-state index in [1.165, 1.54) is 7.11 Å². The van der Waals surface area contributed by atoms with Gasteiger partial charge in [-0.05, 0) is 36.8 Å². The summed E-state index contributed by atoms with van der Waals surface area (Å²) < 4.78 is 6.78. The monoisotopic (exact) mass is 499 g/mol. The van der Waals surface area contributed by atoms with Crippen LogP contribution < -0.4 is 20.7 Å². The highest BCUT2D eigenvalue weighted by molar-refractivity contribution is 9.11. The fourth-order valence-corrected chi connectivity index (χ4v) is 3.53. The first-order chi connectivity index (χ1) is 12.9. The van der Waals surface area contributed by atoms with Gasteiger partial charge in [-0.3, -0.25) is 4.79 Å². The van der Waals surface area contributed by atoms with Crippen LogP contribution in [0.3, 0.4) is 0 Å². The van der Waals surface area contributed by atoms with Gasteiger partial charge in [-0.25, -0.2) is 4.79 Å². The summed E-state index contributed by atoms with van der Waals surface area (Å²) in [6, 6.07) is 9.61. The van der Waals surface area contributed by atoms with Gasteiger partial charge in [0.25, 0.3) is 5.91 Å². The Hall–Kier alpha value is -2.10. The minimum atomic E-state index is -0.502. The summed E-state index contributed by atoms with van der Waals surface area (Å²) in [5.74, 6) is 0.147. The third-order valence-corrected chi connectivity index (χ3v) is 4.38. The molecule has 0 fully saturated rings. The molecule has 7 nitrogen and oxygen atoms in total. The van der Waals surface area contributed by atoms with Gasteiger partial charge in [-0.15, -0.1) is 0 Å².